The van der Waals surface area contributed by atoms with Crippen LogP contribution in [0.15, 0.2) is 0 Å². The fourth-order valence-electron chi connectivity index (χ4n) is 2.58. The van der Waals surface area contributed by atoms with Gasteiger partial charge in [-0.25, -0.2) is 0 Å². The largest absolute Gasteiger partial charge is 0.397 e. The number of nitrogens with two attached hydrogens (primary N) is 1. The number of amides is 1. The van der Waals surface area contributed by atoms with E-state index >= 15 is 0 Å². The van der Waals surface area contributed by atoms with Crippen molar-refractivity contribution in [3.05, 3.63) is 10.4 Å². The number of rotatable bonds is 3. The highest BCUT2D eigenvalue weighted by molar-refractivity contribution is 7.19. The van der Waals surface area contributed by atoms with E-state index in [1.807, 2.05) is 0 Å². The number of nitrogen functional groups attached to an aromatic ring is 1. The molecular weight excluding hydrogens is 286 g/mol. The molecule has 0 spiro atoms. The minimum absolute atomic E-state index is 0.0914. The number of hydrogen-bond acceptors (Lipinski definition) is 5. The summed E-state index contributed by atoms with van der Waals surface area (Å²) < 4.78 is 0. The molecule has 5 nitrogen and oxygen atoms in total. The molecule has 1 fully saturated rings. The Morgan fingerprint density at radius 1 is 1.29 bits per heavy atom. The van der Waals surface area contributed by atoms with E-state index in [9.17, 15) is 9.59 Å². The van der Waals surface area contributed by atoms with Crippen molar-refractivity contribution in [2.45, 2.75) is 33.6 Å². The highest BCUT2D eigenvalue weighted by Crippen LogP contribution is 2.41. The third-order valence-electron chi connectivity index (χ3n) is 4.10. The van der Waals surface area contributed by atoms with Crippen LogP contribution in [0.3, 0.4) is 0 Å². The monoisotopic (exact) mass is 309 g/mol. The predicted octanol–water partition coefficient (Wildman–Crippen LogP) is 2.52. The Bertz CT molecular complexity index is 568. The van der Waals surface area contributed by atoms with Crippen LogP contribution in [0.5, 0.6) is 0 Å². The summed E-state index contributed by atoms with van der Waals surface area (Å²) in [7, 11) is 1.58. The van der Waals surface area contributed by atoms with Crippen LogP contribution in [0.1, 0.15) is 53.6 Å². The molecule has 0 unspecified atom stereocenters. The van der Waals surface area contributed by atoms with Crippen LogP contribution in [0.2, 0.25) is 0 Å². The number of Topliss-reactive ketones (excluding diaryl/α,β-unsaturated/α-hetero) is 1. The number of carbonyl (C=O) groups excluding carboxylic acids is 2. The standard InChI is InChI=1S/C15H23N3O2S/c1-9(19)12-11(16)10(13(20)17-4)14(21-12)18-7-5-15(2,3)6-8-18/h5-8,16H2,1-4H3,(H,17,20). The van der Waals surface area contributed by atoms with Gasteiger partial charge in [-0.05, 0) is 18.3 Å². The van der Waals surface area contributed by atoms with Crippen LogP contribution in [0, 0.1) is 5.41 Å². The number of carbonyl (C=O) groups is 2. The highest BCUT2D eigenvalue weighted by atomic mass is 32.1. The molecule has 0 saturated carbocycles. The lowest BCUT2D eigenvalue weighted by Gasteiger charge is -2.37. The summed E-state index contributed by atoms with van der Waals surface area (Å²) in [5, 5.41) is 3.45. The normalized spacial score (nSPS) is 17.6. The Morgan fingerprint density at radius 3 is 2.33 bits per heavy atom. The SMILES string of the molecule is CNC(=O)c1c(N2CCC(C)(C)CC2)sc(C(C)=O)c1N. The van der Waals surface area contributed by atoms with Gasteiger partial charge in [0, 0.05) is 27.1 Å². The van der Waals surface area contributed by atoms with Crippen LogP contribution in [0.4, 0.5) is 10.7 Å². The molecule has 2 heterocycles. The summed E-state index contributed by atoms with van der Waals surface area (Å²) in [5.74, 6) is -0.317. The molecule has 1 aliphatic heterocycles. The van der Waals surface area contributed by atoms with E-state index in [1.165, 1.54) is 18.3 Å². The fourth-order valence-corrected chi connectivity index (χ4v) is 3.74. The minimum atomic E-state index is -0.226. The Kier molecular flexibility index (Phi) is 4.27. The number of anilines is 2. The quantitative estimate of drug-likeness (QED) is 0.841. The summed E-state index contributed by atoms with van der Waals surface area (Å²) >= 11 is 1.34. The molecule has 2 rings (SSSR count). The molecule has 3 N–H and O–H groups in total. The van der Waals surface area contributed by atoms with Gasteiger partial charge in [0.05, 0.1) is 16.1 Å². The average Bonchev–Trinajstić information content (AvgIpc) is 2.75. The first kappa shape index (κ1) is 15.8. The predicted molar refractivity (Wildman–Crippen MR) is 87.4 cm³/mol. The van der Waals surface area contributed by atoms with Crippen LogP contribution in [-0.2, 0) is 0 Å². The summed E-state index contributed by atoms with van der Waals surface area (Å²) in [6, 6.07) is 0. The van der Waals surface area contributed by atoms with Crippen molar-refractivity contribution in [1.82, 2.24) is 5.32 Å². The molecular formula is C15H23N3O2S. The van der Waals surface area contributed by atoms with E-state index in [-0.39, 0.29) is 11.7 Å². The number of nitrogens with one attached hydrogen (secondary N) is 1. The molecule has 0 atom stereocenters. The van der Waals surface area contributed by atoms with Crippen molar-refractivity contribution in [2.24, 2.45) is 5.41 Å². The van der Waals surface area contributed by atoms with Crippen molar-refractivity contribution < 1.29 is 9.59 Å². The maximum absolute atomic E-state index is 12.1. The molecule has 0 radical (unpaired) electrons. The average molecular weight is 309 g/mol. The molecule has 0 aromatic carbocycles. The first-order valence-corrected chi connectivity index (χ1v) is 7.98. The molecule has 1 amide bonds. The topological polar surface area (TPSA) is 75.4 Å². The molecule has 1 aliphatic rings. The van der Waals surface area contributed by atoms with Gasteiger partial charge in [-0.1, -0.05) is 13.8 Å². The molecule has 1 saturated heterocycles. The Balaban J connectivity index is 2.41. The number of hydrogen-bond donors (Lipinski definition) is 2. The van der Waals surface area contributed by atoms with Gasteiger partial charge < -0.3 is 16.0 Å². The van der Waals surface area contributed by atoms with Crippen LogP contribution >= 0.6 is 11.3 Å². The Labute approximate surface area is 129 Å². The summed E-state index contributed by atoms with van der Waals surface area (Å²) in [6.45, 7) is 7.77. The summed E-state index contributed by atoms with van der Waals surface area (Å²) in [4.78, 5) is 26.5. The number of thiophene rings is 1. The van der Waals surface area contributed by atoms with Gasteiger partial charge >= 0.3 is 0 Å². The Hall–Kier alpha value is -1.56. The minimum Gasteiger partial charge on any atom is -0.397 e. The molecule has 0 aliphatic carbocycles. The first-order chi connectivity index (χ1) is 9.76. The van der Waals surface area contributed by atoms with Gasteiger partial charge in [0.2, 0.25) is 0 Å². The Morgan fingerprint density at radius 2 is 1.86 bits per heavy atom. The maximum atomic E-state index is 12.1. The van der Waals surface area contributed by atoms with Crippen LogP contribution in [0.25, 0.3) is 0 Å². The fraction of sp³-hybridized carbons (Fsp3) is 0.600. The van der Waals surface area contributed by atoms with E-state index < -0.39 is 0 Å². The van der Waals surface area contributed by atoms with Crippen molar-refractivity contribution in [3.8, 4) is 0 Å². The molecule has 0 bridgehead atoms. The van der Waals surface area contributed by atoms with Gasteiger partial charge in [0.25, 0.3) is 5.91 Å². The van der Waals surface area contributed by atoms with Crippen molar-refractivity contribution in [1.29, 1.82) is 0 Å². The zero-order chi connectivity index (χ0) is 15.8. The van der Waals surface area contributed by atoms with Crippen molar-refractivity contribution in [2.75, 3.05) is 30.8 Å². The second-order valence-corrected chi connectivity index (χ2v) is 7.31. The number of ketones is 1. The van der Waals surface area contributed by atoms with E-state index in [4.69, 9.17) is 5.73 Å². The van der Waals surface area contributed by atoms with E-state index in [0.29, 0.717) is 21.5 Å². The second kappa shape index (κ2) is 5.67. The van der Waals surface area contributed by atoms with E-state index in [0.717, 1.165) is 30.9 Å². The summed E-state index contributed by atoms with van der Waals surface area (Å²) in [6.07, 6.45) is 2.13. The molecule has 21 heavy (non-hydrogen) atoms. The maximum Gasteiger partial charge on any atom is 0.256 e. The smallest absolute Gasteiger partial charge is 0.256 e. The van der Waals surface area contributed by atoms with Gasteiger partial charge in [-0.15, -0.1) is 11.3 Å². The van der Waals surface area contributed by atoms with E-state index in [1.54, 1.807) is 7.05 Å². The molecule has 1 aromatic rings. The number of piperidine rings is 1. The molecule has 1 aromatic heterocycles. The van der Waals surface area contributed by atoms with Crippen LogP contribution < -0.4 is 16.0 Å². The summed E-state index contributed by atoms with van der Waals surface area (Å²) in [5.41, 5.74) is 7.14. The second-order valence-electron chi connectivity index (χ2n) is 6.31. The third kappa shape index (κ3) is 3.05. The molecule has 116 valence electrons. The lowest BCUT2D eigenvalue weighted by molar-refractivity contribution is 0.0964. The van der Waals surface area contributed by atoms with Crippen molar-refractivity contribution in [3.63, 3.8) is 0 Å². The van der Waals surface area contributed by atoms with Crippen molar-refractivity contribution >= 4 is 33.7 Å². The lowest BCUT2D eigenvalue weighted by atomic mass is 9.83. The third-order valence-corrected chi connectivity index (χ3v) is 5.47. The van der Waals surface area contributed by atoms with Crippen LogP contribution in [-0.4, -0.2) is 31.8 Å². The van der Waals surface area contributed by atoms with Gasteiger partial charge in [0.15, 0.2) is 5.78 Å². The van der Waals surface area contributed by atoms with E-state index in [2.05, 4.69) is 24.1 Å². The zero-order valence-electron chi connectivity index (χ0n) is 13.1. The van der Waals surface area contributed by atoms with Gasteiger partial charge in [0.1, 0.15) is 5.00 Å². The lowest BCUT2D eigenvalue weighted by Crippen LogP contribution is -2.38. The van der Waals surface area contributed by atoms with Gasteiger partial charge in [-0.3, -0.25) is 9.59 Å². The zero-order valence-corrected chi connectivity index (χ0v) is 13.9. The van der Waals surface area contributed by atoms with Gasteiger partial charge in [-0.2, -0.15) is 0 Å². The first-order valence-electron chi connectivity index (χ1n) is 7.17. The highest BCUT2D eigenvalue weighted by Gasteiger charge is 2.31. The molecule has 6 heteroatoms. The number of nitrogens with zero attached hydrogens (tertiary/aromatic N) is 1.